The second-order valence-electron chi connectivity index (χ2n) is 6.32. The van der Waals surface area contributed by atoms with Gasteiger partial charge < -0.3 is 5.32 Å². The van der Waals surface area contributed by atoms with E-state index in [9.17, 15) is 21.6 Å². The van der Waals surface area contributed by atoms with Crippen molar-refractivity contribution in [3.8, 4) is 0 Å². The summed E-state index contributed by atoms with van der Waals surface area (Å²) < 4.78 is 49.7. The van der Waals surface area contributed by atoms with Crippen LogP contribution in [-0.4, -0.2) is 48.8 Å². The first-order chi connectivity index (χ1) is 13.7. The van der Waals surface area contributed by atoms with E-state index in [2.05, 4.69) is 5.32 Å². The highest BCUT2D eigenvalue weighted by molar-refractivity contribution is 7.92. The first kappa shape index (κ1) is 24.5. The molecule has 164 valence electrons. The van der Waals surface area contributed by atoms with Crippen LogP contribution in [-0.2, 0) is 24.8 Å². The van der Waals surface area contributed by atoms with Crippen molar-refractivity contribution in [3.05, 3.63) is 51.5 Å². The normalized spacial score (nSPS) is 11.8. The Morgan fingerprint density at radius 2 is 1.53 bits per heavy atom. The molecule has 0 atom stereocenters. The summed E-state index contributed by atoms with van der Waals surface area (Å²) >= 11 is 17.9. The number of nitrogens with one attached hydrogen (secondary N) is 1. The largest absolute Gasteiger partial charge is 0.324 e. The number of amides is 1. The van der Waals surface area contributed by atoms with Gasteiger partial charge in [0.1, 0.15) is 6.54 Å². The minimum Gasteiger partial charge on any atom is -0.324 e. The molecule has 0 fully saturated rings. The third-order valence-corrected chi connectivity index (χ3v) is 7.29. The van der Waals surface area contributed by atoms with Crippen LogP contribution in [0.3, 0.4) is 0 Å². The molecule has 2 rings (SSSR count). The smallest absolute Gasteiger partial charge is 0.245 e. The Hall–Kier alpha value is -1.72. The Bertz CT molecular complexity index is 1190. The molecule has 1 N–H and O–H groups in total. The number of nitrogens with zero attached hydrogens (tertiary/aromatic N) is 2. The van der Waals surface area contributed by atoms with Crippen LogP contribution in [0, 0.1) is 0 Å². The van der Waals surface area contributed by atoms with Gasteiger partial charge in [-0.2, -0.15) is 0 Å². The van der Waals surface area contributed by atoms with Crippen molar-refractivity contribution in [1.29, 1.82) is 0 Å². The lowest BCUT2D eigenvalue weighted by Crippen LogP contribution is -2.37. The van der Waals surface area contributed by atoms with Crippen molar-refractivity contribution in [2.24, 2.45) is 0 Å². The molecule has 0 heterocycles. The van der Waals surface area contributed by atoms with Crippen LogP contribution in [0.4, 0.5) is 17.1 Å². The zero-order valence-corrected chi connectivity index (χ0v) is 20.0. The molecule has 0 aliphatic carbocycles. The molecule has 0 bridgehead atoms. The van der Waals surface area contributed by atoms with Gasteiger partial charge in [0.15, 0.2) is 0 Å². The fourth-order valence-electron chi connectivity index (χ4n) is 2.39. The van der Waals surface area contributed by atoms with E-state index in [1.54, 1.807) is 12.1 Å². The Morgan fingerprint density at radius 3 is 2.10 bits per heavy atom. The van der Waals surface area contributed by atoms with Gasteiger partial charge in [-0.25, -0.2) is 16.8 Å². The predicted molar refractivity (Wildman–Crippen MR) is 122 cm³/mol. The standard InChI is InChI=1S/C17H18Cl3N3O5S2/c1-22(29(2,25)26)12-6-4-5-11(7-12)21-17(24)10-23(30(3,27)28)16-9-14(19)13(18)8-15(16)20/h4-9H,10H2,1-3H3,(H,21,24). The molecule has 0 saturated carbocycles. The number of hydrogen-bond acceptors (Lipinski definition) is 5. The lowest BCUT2D eigenvalue weighted by molar-refractivity contribution is -0.114. The van der Waals surface area contributed by atoms with Crippen LogP contribution in [0.15, 0.2) is 36.4 Å². The molecule has 0 radical (unpaired) electrons. The van der Waals surface area contributed by atoms with Crippen molar-refractivity contribution < 1.29 is 21.6 Å². The molecule has 0 spiro atoms. The molecule has 0 aromatic heterocycles. The van der Waals surface area contributed by atoms with Crippen LogP contribution in [0.2, 0.25) is 15.1 Å². The van der Waals surface area contributed by atoms with Gasteiger partial charge in [-0.05, 0) is 30.3 Å². The van der Waals surface area contributed by atoms with Crippen molar-refractivity contribution in [2.75, 3.05) is 40.0 Å². The maximum Gasteiger partial charge on any atom is 0.245 e. The second-order valence-corrected chi connectivity index (χ2v) is 11.5. The van der Waals surface area contributed by atoms with Gasteiger partial charge in [0.05, 0.1) is 39.0 Å². The molecular weight excluding hydrogens is 497 g/mol. The van der Waals surface area contributed by atoms with E-state index in [4.69, 9.17) is 34.8 Å². The van der Waals surface area contributed by atoms with Crippen molar-refractivity contribution in [2.45, 2.75) is 0 Å². The summed E-state index contributed by atoms with van der Waals surface area (Å²) in [7, 11) is -6.02. The number of rotatable bonds is 7. The van der Waals surface area contributed by atoms with E-state index in [0.717, 1.165) is 21.1 Å². The first-order valence-electron chi connectivity index (χ1n) is 8.16. The summed E-state index contributed by atoms with van der Waals surface area (Å²) in [5, 5.41) is 2.74. The fraction of sp³-hybridized carbons (Fsp3) is 0.235. The maximum atomic E-state index is 12.5. The zero-order valence-electron chi connectivity index (χ0n) is 16.1. The molecular formula is C17H18Cl3N3O5S2. The SMILES string of the molecule is CN(c1cccc(NC(=O)CN(c2cc(Cl)c(Cl)cc2Cl)S(C)(=O)=O)c1)S(C)(=O)=O. The number of sulfonamides is 2. The number of hydrogen-bond donors (Lipinski definition) is 1. The quantitative estimate of drug-likeness (QED) is 0.570. The van der Waals surface area contributed by atoms with Gasteiger partial charge in [-0.3, -0.25) is 13.4 Å². The van der Waals surface area contributed by atoms with Gasteiger partial charge in [-0.15, -0.1) is 0 Å². The third-order valence-electron chi connectivity index (χ3n) is 3.94. The van der Waals surface area contributed by atoms with E-state index in [1.165, 1.54) is 31.3 Å². The lowest BCUT2D eigenvalue weighted by atomic mass is 10.2. The minimum absolute atomic E-state index is 0.000556. The van der Waals surface area contributed by atoms with Crippen LogP contribution in [0.25, 0.3) is 0 Å². The number of halogens is 3. The monoisotopic (exact) mass is 513 g/mol. The first-order valence-corrected chi connectivity index (χ1v) is 13.0. The lowest BCUT2D eigenvalue weighted by Gasteiger charge is -2.23. The highest BCUT2D eigenvalue weighted by atomic mass is 35.5. The highest BCUT2D eigenvalue weighted by Gasteiger charge is 2.24. The topological polar surface area (TPSA) is 104 Å². The average molecular weight is 515 g/mol. The van der Waals surface area contributed by atoms with Gasteiger partial charge in [-0.1, -0.05) is 40.9 Å². The van der Waals surface area contributed by atoms with E-state index < -0.39 is 32.5 Å². The fourth-order valence-corrected chi connectivity index (χ4v) is 4.44. The Morgan fingerprint density at radius 1 is 0.933 bits per heavy atom. The summed E-state index contributed by atoms with van der Waals surface area (Å²) in [6.45, 7) is -0.595. The molecule has 13 heteroatoms. The van der Waals surface area contributed by atoms with Crippen LogP contribution >= 0.6 is 34.8 Å². The molecule has 0 aliphatic rings. The molecule has 8 nitrogen and oxygen atoms in total. The number of benzene rings is 2. The van der Waals surface area contributed by atoms with Crippen molar-refractivity contribution in [3.63, 3.8) is 0 Å². The molecule has 0 unspecified atom stereocenters. The third kappa shape index (κ3) is 6.14. The molecule has 0 saturated heterocycles. The second kappa shape index (κ2) is 9.19. The zero-order chi connectivity index (χ0) is 22.9. The summed E-state index contributed by atoms with van der Waals surface area (Å²) in [6.07, 6.45) is 1.96. The number of anilines is 3. The summed E-state index contributed by atoms with van der Waals surface area (Å²) in [6, 6.07) is 8.61. The van der Waals surface area contributed by atoms with Crippen LogP contribution in [0.5, 0.6) is 0 Å². The molecule has 1 amide bonds. The van der Waals surface area contributed by atoms with Crippen LogP contribution < -0.4 is 13.9 Å². The Kier molecular flexibility index (Phi) is 7.52. The molecule has 30 heavy (non-hydrogen) atoms. The van der Waals surface area contributed by atoms with Gasteiger partial charge in [0, 0.05) is 12.7 Å². The summed E-state index contributed by atoms with van der Waals surface area (Å²) in [4.78, 5) is 12.5. The predicted octanol–water partition coefficient (Wildman–Crippen LogP) is 3.45. The van der Waals surface area contributed by atoms with Crippen LogP contribution in [0.1, 0.15) is 0 Å². The number of carbonyl (C=O) groups excluding carboxylic acids is 1. The van der Waals surface area contributed by atoms with E-state index in [-0.39, 0.29) is 26.4 Å². The maximum absolute atomic E-state index is 12.5. The molecule has 2 aromatic rings. The molecule has 2 aromatic carbocycles. The van der Waals surface area contributed by atoms with E-state index in [0.29, 0.717) is 5.69 Å². The van der Waals surface area contributed by atoms with Crippen molar-refractivity contribution in [1.82, 2.24) is 0 Å². The summed E-state index contributed by atoms with van der Waals surface area (Å²) in [5.74, 6) is -0.679. The Labute approximate surface area is 190 Å². The van der Waals surface area contributed by atoms with Gasteiger partial charge >= 0.3 is 0 Å². The highest BCUT2D eigenvalue weighted by Crippen LogP contribution is 2.35. The Balaban J connectivity index is 2.30. The van der Waals surface area contributed by atoms with Gasteiger partial charge in [0.2, 0.25) is 26.0 Å². The average Bonchev–Trinajstić information content (AvgIpc) is 2.61. The van der Waals surface area contributed by atoms with Gasteiger partial charge in [0.25, 0.3) is 0 Å². The van der Waals surface area contributed by atoms with Crippen molar-refractivity contribution >= 4 is 77.8 Å². The minimum atomic E-state index is -3.90. The number of carbonyl (C=O) groups is 1. The summed E-state index contributed by atoms with van der Waals surface area (Å²) in [5.41, 5.74) is 0.596. The van der Waals surface area contributed by atoms with E-state index >= 15 is 0 Å². The molecule has 0 aliphatic heterocycles. The van der Waals surface area contributed by atoms with E-state index in [1.807, 2.05) is 0 Å².